The topological polar surface area (TPSA) is 71.3 Å². The van der Waals surface area contributed by atoms with Crippen LogP contribution in [0.5, 0.6) is 0 Å². The Morgan fingerprint density at radius 1 is 1.44 bits per heavy atom. The minimum absolute atomic E-state index is 0.137. The molecule has 1 saturated heterocycles. The van der Waals surface area contributed by atoms with Crippen molar-refractivity contribution in [3.05, 3.63) is 41.5 Å². The molecule has 1 N–H and O–H groups in total. The summed E-state index contributed by atoms with van der Waals surface area (Å²) < 4.78 is 18.9. The standard InChI is InChI=1S/C18H23FN4O2/c1-4-5-13-8-14(12(2)25-13)17(24)22-18(3)6-7-23(10-18)16-9-15(19)20-11-21-16/h8-9,11H,4-7,10H2,1-3H3,(H,22,24). The van der Waals surface area contributed by atoms with Gasteiger partial charge in [-0.2, -0.15) is 4.39 Å². The Balaban J connectivity index is 1.69. The second-order valence-corrected chi connectivity index (χ2v) is 6.82. The van der Waals surface area contributed by atoms with Crippen LogP contribution in [-0.4, -0.2) is 34.5 Å². The van der Waals surface area contributed by atoms with Gasteiger partial charge in [-0.15, -0.1) is 0 Å². The molecule has 0 saturated carbocycles. The normalized spacial score (nSPS) is 20.1. The summed E-state index contributed by atoms with van der Waals surface area (Å²) in [6.07, 6.45) is 3.75. The zero-order valence-corrected chi connectivity index (χ0v) is 14.8. The number of nitrogens with one attached hydrogen (secondary N) is 1. The minimum Gasteiger partial charge on any atom is -0.466 e. The molecule has 1 amide bonds. The Labute approximate surface area is 146 Å². The molecule has 7 heteroatoms. The Morgan fingerprint density at radius 3 is 2.96 bits per heavy atom. The van der Waals surface area contributed by atoms with Gasteiger partial charge in [-0.25, -0.2) is 9.97 Å². The first-order chi connectivity index (χ1) is 11.9. The van der Waals surface area contributed by atoms with E-state index < -0.39 is 11.5 Å². The Kier molecular flexibility index (Phi) is 4.74. The summed E-state index contributed by atoms with van der Waals surface area (Å²) in [5, 5.41) is 3.10. The summed E-state index contributed by atoms with van der Waals surface area (Å²) >= 11 is 0. The molecule has 25 heavy (non-hydrogen) atoms. The number of carbonyl (C=O) groups excluding carboxylic acids is 1. The van der Waals surface area contributed by atoms with E-state index in [0.29, 0.717) is 30.2 Å². The number of aromatic nitrogens is 2. The first kappa shape index (κ1) is 17.4. The molecule has 6 nitrogen and oxygen atoms in total. The molecule has 2 aromatic heterocycles. The molecule has 1 aliphatic heterocycles. The van der Waals surface area contributed by atoms with Crippen LogP contribution in [0.25, 0.3) is 0 Å². The third-order valence-electron chi connectivity index (χ3n) is 4.54. The molecule has 2 aromatic rings. The molecule has 1 aliphatic rings. The largest absolute Gasteiger partial charge is 0.466 e. The fraction of sp³-hybridized carbons (Fsp3) is 0.500. The van der Waals surface area contributed by atoms with Crippen LogP contribution in [0.4, 0.5) is 10.2 Å². The van der Waals surface area contributed by atoms with Gasteiger partial charge in [0.2, 0.25) is 5.95 Å². The monoisotopic (exact) mass is 346 g/mol. The number of hydrogen-bond donors (Lipinski definition) is 1. The van der Waals surface area contributed by atoms with E-state index in [1.807, 2.05) is 17.9 Å². The van der Waals surface area contributed by atoms with E-state index in [2.05, 4.69) is 22.2 Å². The second-order valence-electron chi connectivity index (χ2n) is 6.82. The van der Waals surface area contributed by atoms with Crippen molar-refractivity contribution in [2.24, 2.45) is 0 Å². The second kappa shape index (κ2) is 6.82. The zero-order valence-electron chi connectivity index (χ0n) is 14.8. The molecule has 3 rings (SSSR count). The van der Waals surface area contributed by atoms with Crippen LogP contribution in [0.1, 0.15) is 48.6 Å². The first-order valence-corrected chi connectivity index (χ1v) is 8.54. The minimum atomic E-state index is -0.555. The summed E-state index contributed by atoms with van der Waals surface area (Å²) in [6, 6.07) is 3.13. The molecule has 0 radical (unpaired) electrons. The van der Waals surface area contributed by atoms with Crippen molar-refractivity contribution in [2.45, 2.75) is 45.6 Å². The van der Waals surface area contributed by atoms with Gasteiger partial charge >= 0.3 is 0 Å². The number of nitrogens with zero attached hydrogens (tertiary/aromatic N) is 3. The molecule has 1 unspecified atom stereocenters. The lowest BCUT2D eigenvalue weighted by Gasteiger charge is -2.26. The summed E-state index contributed by atoms with van der Waals surface area (Å²) in [7, 11) is 0. The van der Waals surface area contributed by atoms with Gasteiger partial charge in [0.25, 0.3) is 5.91 Å². The molecular formula is C18H23FN4O2. The molecule has 0 aliphatic carbocycles. The van der Waals surface area contributed by atoms with Gasteiger partial charge in [-0.3, -0.25) is 4.79 Å². The molecule has 134 valence electrons. The van der Waals surface area contributed by atoms with Gasteiger partial charge in [0.15, 0.2) is 0 Å². The third kappa shape index (κ3) is 3.81. The lowest BCUT2D eigenvalue weighted by Crippen LogP contribution is -2.48. The molecule has 1 fully saturated rings. The zero-order chi connectivity index (χ0) is 18.0. The SMILES string of the molecule is CCCc1cc(C(=O)NC2(C)CCN(c3cc(F)ncn3)C2)c(C)o1. The Bertz CT molecular complexity index is 776. The van der Waals surface area contributed by atoms with Gasteiger partial charge in [-0.05, 0) is 32.8 Å². The number of rotatable bonds is 5. The predicted molar refractivity (Wildman–Crippen MR) is 92.1 cm³/mol. The summed E-state index contributed by atoms with van der Waals surface area (Å²) in [6.45, 7) is 7.13. The van der Waals surface area contributed by atoms with Crippen molar-refractivity contribution in [1.29, 1.82) is 0 Å². The maximum atomic E-state index is 13.3. The number of hydrogen-bond acceptors (Lipinski definition) is 5. The maximum Gasteiger partial charge on any atom is 0.255 e. The lowest BCUT2D eigenvalue weighted by atomic mass is 10.0. The van der Waals surface area contributed by atoms with Crippen molar-refractivity contribution < 1.29 is 13.6 Å². The highest BCUT2D eigenvalue weighted by Gasteiger charge is 2.36. The van der Waals surface area contributed by atoms with Gasteiger partial charge in [0, 0.05) is 25.6 Å². The predicted octanol–water partition coefficient (Wildman–Crippen LogP) is 2.87. The number of aryl methyl sites for hydroxylation is 2. The summed E-state index contributed by atoms with van der Waals surface area (Å²) in [5.41, 5.74) is 0.170. The van der Waals surface area contributed by atoms with Gasteiger partial charge < -0.3 is 14.6 Å². The van der Waals surface area contributed by atoms with Crippen molar-refractivity contribution in [2.75, 3.05) is 18.0 Å². The van der Waals surface area contributed by atoms with E-state index in [4.69, 9.17) is 4.42 Å². The number of anilines is 1. The van der Waals surface area contributed by atoms with Crippen molar-refractivity contribution >= 4 is 11.7 Å². The summed E-state index contributed by atoms with van der Waals surface area (Å²) in [5.74, 6) is 1.31. The maximum absolute atomic E-state index is 13.3. The van der Waals surface area contributed by atoms with Crippen LogP contribution in [0.3, 0.4) is 0 Å². The van der Waals surface area contributed by atoms with Gasteiger partial charge in [0.1, 0.15) is 23.7 Å². The quantitative estimate of drug-likeness (QED) is 0.843. The van der Waals surface area contributed by atoms with Crippen LogP contribution in [0, 0.1) is 12.9 Å². The highest BCUT2D eigenvalue weighted by atomic mass is 19.1. The Hall–Kier alpha value is -2.44. The third-order valence-corrected chi connectivity index (χ3v) is 4.54. The highest BCUT2D eigenvalue weighted by molar-refractivity contribution is 5.95. The van der Waals surface area contributed by atoms with Gasteiger partial charge in [0.05, 0.1) is 11.1 Å². The average molecular weight is 346 g/mol. The summed E-state index contributed by atoms with van der Waals surface area (Å²) in [4.78, 5) is 22.2. The smallest absolute Gasteiger partial charge is 0.255 e. The van der Waals surface area contributed by atoms with Crippen LogP contribution < -0.4 is 10.2 Å². The average Bonchev–Trinajstić information content (AvgIpc) is 3.11. The van der Waals surface area contributed by atoms with E-state index in [9.17, 15) is 9.18 Å². The van der Waals surface area contributed by atoms with E-state index in [1.54, 1.807) is 6.92 Å². The molecule has 0 spiro atoms. The lowest BCUT2D eigenvalue weighted by molar-refractivity contribution is 0.0912. The van der Waals surface area contributed by atoms with Crippen LogP contribution in [0.2, 0.25) is 0 Å². The fourth-order valence-electron chi connectivity index (χ4n) is 3.24. The van der Waals surface area contributed by atoms with E-state index in [1.165, 1.54) is 12.4 Å². The molecule has 3 heterocycles. The van der Waals surface area contributed by atoms with Crippen molar-refractivity contribution in [3.8, 4) is 0 Å². The number of halogens is 1. The molecule has 0 aromatic carbocycles. The van der Waals surface area contributed by atoms with Crippen LogP contribution in [0.15, 0.2) is 22.9 Å². The molecular weight excluding hydrogens is 323 g/mol. The van der Waals surface area contributed by atoms with Gasteiger partial charge in [-0.1, -0.05) is 6.92 Å². The highest BCUT2D eigenvalue weighted by Crippen LogP contribution is 2.26. The fourth-order valence-corrected chi connectivity index (χ4v) is 3.24. The van der Waals surface area contributed by atoms with Crippen LogP contribution in [-0.2, 0) is 6.42 Å². The van der Waals surface area contributed by atoms with Crippen molar-refractivity contribution in [1.82, 2.24) is 15.3 Å². The van der Waals surface area contributed by atoms with Crippen LogP contribution >= 0.6 is 0 Å². The van der Waals surface area contributed by atoms with E-state index in [0.717, 1.165) is 25.0 Å². The van der Waals surface area contributed by atoms with E-state index >= 15 is 0 Å². The molecule has 0 bridgehead atoms. The molecule has 1 atom stereocenters. The Morgan fingerprint density at radius 2 is 2.24 bits per heavy atom. The number of furan rings is 1. The first-order valence-electron chi connectivity index (χ1n) is 8.54. The number of carbonyl (C=O) groups is 1. The number of amides is 1. The van der Waals surface area contributed by atoms with E-state index in [-0.39, 0.29) is 5.91 Å². The van der Waals surface area contributed by atoms with Crippen molar-refractivity contribution in [3.63, 3.8) is 0 Å².